The maximum atomic E-state index is 13.1. The fourth-order valence-corrected chi connectivity index (χ4v) is 2.51. The second-order valence-corrected chi connectivity index (χ2v) is 4.90. The third-order valence-electron chi connectivity index (χ3n) is 3.46. The number of nitriles is 1. The molecule has 1 aliphatic rings. The summed E-state index contributed by atoms with van der Waals surface area (Å²) in [7, 11) is 0. The Bertz CT molecular complexity index is 876. The van der Waals surface area contributed by atoms with Gasteiger partial charge in [0.1, 0.15) is 29.0 Å². The highest BCUT2D eigenvalue weighted by atomic mass is 19.1. The van der Waals surface area contributed by atoms with Crippen LogP contribution in [0.2, 0.25) is 0 Å². The summed E-state index contributed by atoms with van der Waals surface area (Å²) >= 11 is 0. The molecule has 0 fully saturated rings. The topological polar surface area (TPSA) is 89.2 Å². The molecule has 1 aromatic carbocycles. The van der Waals surface area contributed by atoms with Crippen molar-refractivity contribution >= 4 is 0 Å². The number of hydrogen-bond acceptors (Lipinski definition) is 5. The van der Waals surface area contributed by atoms with Crippen LogP contribution in [0.25, 0.3) is 0 Å². The van der Waals surface area contributed by atoms with E-state index in [1.165, 1.54) is 30.3 Å². The fraction of sp³-hybridized carbons (Fsp3) is 0.125. The molecule has 5 nitrogen and oxygen atoms in total. The van der Waals surface area contributed by atoms with Crippen LogP contribution in [0, 0.1) is 24.1 Å². The van der Waals surface area contributed by atoms with Crippen LogP contribution in [0.1, 0.15) is 22.8 Å². The van der Waals surface area contributed by atoms with E-state index in [4.69, 9.17) is 14.9 Å². The van der Waals surface area contributed by atoms with Gasteiger partial charge in [0.05, 0.1) is 11.5 Å². The van der Waals surface area contributed by atoms with Crippen molar-refractivity contribution in [1.82, 2.24) is 0 Å². The molecule has 0 radical (unpaired) electrons. The lowest BCUT2D eigenvalue weighted by atomic mass is 9.84. The number of nitrogens with two attached hydrogens (primary N) is 1. The van der Waals surface area contributed by atoms with E-state index in [0.29, 0.717) is 11.3 Å². The fourth-order valence-electron chi connectivity index (χ4n) is 2.51. The lowest BCUT2D eigenvalue weighted by Gasteiger charge is -2.25. The Balaban J connectivity index is 2.29. The Kier molecular flexibility index (Phi) is 3.18. The van der Waals surface area contributed by atoms with E-state index in [1.54, 1.807) is 6.92 Å². The molecule has 2 aromatic rings. The van der Waals surface area contributed by atoms with Gasteiger partial charge in [0.25, 0.3) is 0 Å². The Morgan fingerprint density at radius 2 is 2.00 bits per heavy atom. The molecule has 0 aliphatic carbocycles. The molecular weight excluding hydrogens is 287 g/mol. The second kappa shape index (κ2) is 5.04. The monoisotopic (exact) mass is 298 g/mol. The third-order valence-corrected chi connectivity index (χ3v) is 3.46. The first kappa shape index (κ1) is 13.9. The summed E-state index contributed by atoms with van der Waals surface area (Å²) in [6.45, 7) is 1.61. The molecule has 3 rings (SSSR count). The minimum Gasteiger partial charge on any atom is -0.440 e. The molecule has 1 aliphatic heterocycles. The molecule has 6 heteroatoms. The zero-order valence-corrected chi connectivity index (χ0v) is 11.6. The summed E-state index contributed by atoms with van der Waals surface area (Å²) in [6, 6.07) is 9.00. The molecule has 0 amide bonds. The zero-order valence-electron chi connectivity index (χ0n) is 11.6. The summed E-state index contributed by atoms with van der Waals surface area (Å²) in [6.07, 6.45) is 0. The van der Waals surface area contributed by atoms with Crippen LogP contribution in [0.5, 0.6) is 5.75 Å². The first-order valence-electron chi connectivity index (χ1n) is 6.49. The number of rotatable bonds is 1. The highest BCUT2D eigenvalue weighted by molar-refractivity contribution is 5.54. The maximum absolute atomic E-state index is 13.1. The summed E-state index contributed by atoms with van der Waals surface area (Å²) in [5, 5.41) is 9.34. The van der Waals surface area contributed by atoms with Gasteiger partial charge >= 0.3 is 5.63 Å². The molecule has 22 heavy (non-hydrogen) atoms. The van der Waals surface area contributed by atoms with Gasteiger partial charge in [-0.25, -0.2) is 9.18 Å². The quantitative estimate of drug-likeness (QED) is 0.872. The number of fused-ring (bicyclic) bond motifs is 1. The molecule has 0 spiro atoms. The van der Waals surface area contributed by atoms with E-state index in [2.05, 4.69) is 0 Å². The predicted molar refractivity (Wildman–Crippen MR) is 75.4 cm³/mol. The average molecular weight is 298 g/mol. The van der Waals surface area contributed by atoms with E-state index in [9.17, 15) is 14.4 Å². The number of aryl methyl sites for hydroxylation is 1. The standard InChI is InChI=1S/C16H11FN2O3/c1-8-6-12-14(16(20)21-8)13(11(7-18)15(19)22-12)9-2-4-10(17)5-3-9/h2-6,13H,19H2,1H3/t13-/m0/s1. The van der Waals surface area contributed by atoms with Gasteiger partial charge in [0.15, 0.2) is 0 Å². The van der Waals surface area contributed by atoms with Gasteiger partial charge in [-0.2, -0.15) is 5.26 Å². The Labute approximate surface area is 125 Å². The first-order valence-corrected chi connectivity index (χ1v) is 6.49. The van der Waals surface area contributed by atoms with Gasteiger partial charge in [-0.1, -0.05) is 12.1 Å². The van der Waals surface area contributed by atoms with Gasteiger partial charge in [0.2, 0.25) is 5.88 Å². The zero-order chi connectivity index (χ0) is 15.9. The van der Waals surface area contributed by atoms with Crippen molar-refractivity contribution in [3.8, 4) is 11.8 Å². The van der Waals surface area contributed by atoms with E-state index in [1.807, 2.05) is 6.07 Å². The van der Waals surface area contributed by atoms with Crippen LogP contribution in [0.3, 0.4) is 0 Å². The maximum Gasteiger partial charge on any atom is 0.343 e. The molecule has 0 bridgehead atoms. The van der Waals surface area contributed by atoms with Crippen molar-refractivity contribution in [2.45, 2.75) is 12.8 Å². The number of benzene rings is 1. The van der Waals surface area contributed by atoms with Crippen LogP contribution < -0.4 is 16.1 Å². The number of halogens is 1. The van der Waals surface area contributed by atoms with Gasteiger partial charge in [-0.05, 0) is 24.6 Å². The van der Waals surface area contributed by atoms with Crippen molar-refractivity contribution in [3.63, 3.8) is 0 Å². The molecule has 1 aromatic heterocycles. The van der Waals surface area contributed by atoms with Crippen molar-refractivity contribution in [2.75, 3.05) is 0 Å². The molecule has 2 heterocycles. The van der Waals surface area contributed by atoms with E-state index in [0.717, 1.165) is 0 Å². The molecule has 0 saturated carbocycles. The average Bonchev–Trinajstić information content (AvgIpc) is 2.46. The van der Waals surface area contributed by atoms with E-state index in [-0.39, 0.29) is 22.8 Å². The molecule has 0 saturated heterocycles. The van der Waals surface area contributed by atoms with E-state index >= 15 is 0 Å². The summed E-state index contributed by atoms with van der Waals surface area (Å²) in [5.41, 5.74) is 6.02. The van der Waals surface area contributed by atoms with Gasteiger partial charge in [-0.3, -0.25) is 0 Å². The minimum absolute atomic E-state index is 0.0747. The summed E-state index contributed by atoms with van der Waals surface area (Å²) in [4.78, 5) is 12.2. The van der Waals surface area contributed by atoms with Crippen LogP contribution in [0.15, 0.2) is 51.0 Å². The summed E-state index contributed by atoms with van der Waals surface area (Å²) < 4.78 is 23.6. The van der Waals surface area contributed by atoms with Gasteiger partial charge in [0, 0.05) is 6.07 Å². The van der Waals surface area contributed by atoms with Crippen LogP contribution in [0.4, 0.5) is 4.39 Å². The van der Waals surface area contributed by atoms with Gasteiger partial charge < -0.3 is 14.9 Å². The lowest BCUT2D eigenvalue weighted by Crippen LogP contribution is -2.26. The predicted octanol–water partition coefficient (Wildman–Crippen LogP) is 2.31. The van der Waals surface area contributed by atoms with E-state index < -0.39 is 17.4 Å². The van der Waals surface area contributed by atoms with Crippen molar-refractivity contribution in [3.05, 3.63) is 74.9 Å². The molecule has 2 N–H and O–H groups in total. The lowest BCUT2D eigenvalue weighted by molar-refractivity contribution is 0.371. The van der Waals surface area contributed by atoms with Crippen molar-refractivity contribution in [1.29, 1.82) is 5.26 Å². The largest absolute Gasteiger partial charge is 0.440 e. The molecular formula is C16H11FN2O3. The molecule has 110 valence electrons. The molecule has 0 unspecified atom stereocenters. The third kappa shape index (κ3) is 2.13. The minimum atomic E-state index is -0.744. The van der Waals surface area contributed by atoms with Crippen LogP contribution in [-0.4, -0.2) is 0 Å². The Hall–Kier alpha value is -3.07. The number of allylic oxidation sites excluding steroid dienone is 1. The Morgan fingerprint density at radius 3 is 2.64 bits per heavy atom. The van der Waals surface area contributed by atoms with Crippen molar-refractivity contribution in [2.24, 2.45) is 5.73 Å². The number of ether oxygens (including phenoxy) is 1. The number of hydrogen-bond donors (Lipinski definition) is 1. The highest BCUT2D eigenvalue weighted by Gasteiger charge is 2.34. The number of nitrogens with zero attached hydrogens (tertiary/aromatic N) is 1. The summed E-state index contributed by atoms with van der Waals surface area (Å²) in [5.74, 6) is -0.614. The Morgan fingerprint density at radius 1 is 1.32 bits per heavy atom. The van der Waals surface area contributed by atoms with Crippen LogP contribution >= 0.6 is 0 Å². The van der Waals surface area contributed by atoms with Crippen molar-refractivity contribution < 1.29 is 13.5 Å². The van der Waals surface area contributed by atoms with Crippen LogP contribution in [-0.2, 0) is 0 Å². The first-order chi connectivity index (χ1) is 10.5. The normalized spacial score (nSPS) is 16.7. The second-order valence-electron chi connectivity index (χ2n) is 4.90. The smallest absolute Gasteiger partial charge is 0.343 e. The highest BCUT2D eigenvalue weighted by Crippen LogP contribution is 2.40. The molecule has 1 atom stereocenters. The SMILES string of the molecule is Cc1cc2c(c(=O)o1)[C@@H](c1ccc(F)cc1)C(C#N)=C(N)O2. The van der Waals surface area contributed by atoms with Gasteiger partial charge in [-0.15, -0.1) is 0 Å².